The Morgan fingerprint density at radius 3 is 2.78 bits per heavy atom. The fourth-order valence-corrected chi connectivity index (χ4v) is 4.33. The van der Waals surface area contributed by atoms with E-state index in [2.05, 4.69) is 66.9 Å². The molecule has 1 heterocycles. The molecule has 142 valence electrons. The summed E-state index contributed by atoms with van der Waals surface area (Å²) in [6.45, 7) is 5.71. The number of unbranched alkanes of at least 4 members (excludes halogenated alkanes) is 1. The number of hydrogen-bond acceptors (Lipinski definition) is 3. The van der Waals surface area contributed by atoms with E-state index in [0.717, 1.165) is 37.4 Å². The Balaban J connectivity index is 1.65. The van der Waals surface area contributed by atoms with Crippen LogP contribution in [-0.4, -0.2) is 13.2 Å². The van der Waals surface area contributed by atoms with Crippen LogP contribution in [-0.2, 0) is 0 Å². The predicted octanol–water partition coefficient (Wildman–Crippen LogP) is 6.09. The molecule has 3 atom stereocenters. The molecule has 0 aromatic heterocycles. The zero-order valence-corrected chi connectivity index (χ0v) is 16.3. The van der Waals surface area contributed by atoms with E-state index in [1.54, 1.807) is 0 Å². The Morgan fingerprint density at radius 1 is 1.04 bits per heavy atom. The van der Waals surface area contributed by atoms with Gasteiger partial charge in [0.1, 0.15) is 11.5 Å². The van der Waals surface area contributed by atoms with Gasteiger partial charge in [-0.15, -0.1) is 0 Å². The summed E-state index contributed by atoms with van der Waals surface area (Å²) < 4.78 is 11.9. The lowest BCUT2D eigenvalue weighted by Gasteiger charge is -2.38. The van der Waals surface area contributed by atoms with Gasteiger partial charge in [0.05, 0.1) is 19.3 Å². The number of para-hydroxylation sites is 1. The Morgan fingerprint density at radius 2 is 1.93 bits per heavy atom. The quantitative estimate of drug-likeness (QED) is 0.477. The van der Waals surface area contributed by atoms with Crippen LogP contribution in [0.5, 0.6) is 11.5 Å². The molecule has 1 N–H and O–H groups in total. The van der Waals surface area contributed by atoms with E-state index in [0.29, 0.717) is 18.4 Å². The molecule has 0 saturated heterocycles. The van der Waals surface area contributed by atoms with Crippen LogP contribution in [0.4, 0.5) is 5.69 Å². The Labute approximate surface area is 162 Å². The van der Waals surface area contributed by atoms with Gasteiger partial charge in [0, 0.05) is 17.2 Å². The highest BCUT2D eigenvalue weighted by molar-refractivity contribution is 5.62. The van der Waals surface area contributed by atoms with Gasteiger partial charge in [-0.05, 0) is 55.5 Å². The van der Waals surface area contributed by atoms with Crippen LogP contribution in [0, 0.1) is 5.92 Å². The average molecular weight is 364 g/mol. The lowest BCUT2D eigenvalue weighted by molar-refractivity contribution is 0.308. The minimum atomic E-state index is 0.257. The number of fused-ring (bicyclic) bond motifs is 3. The second-order valence-corrected chi connectivity index (χ2v) is 7.40. The molecule has 3 unspecified atom stereocenters. The maximum atomic E-state index is 5.95. The molecular weight excluding hydrogens is 334 g/mol. The van der Waals surface area contributed by atoms with Gasteiger partial charge in [0.15, 0.2) is 0 Å². The van der Waals surface area contributed by atoms with E-state index in [1.165, 1.54) is 16.8 Å². The standard InChI is InChI=1S/C24H29NO2/c1-3-5-15-27-17-13-14-22-21(16-17)18-10-8-11-19(18)24(25-22)20-9-6-7-12-23(20)26-4-2/h6-10,12-14,16,18-19,24-25H,3-5,11,15H2,1-2H3. The number of hydrogen-bond donors (Lipinski definition) is 1. The predicted molar refractivity (Wildman–Crippen MR) is 111 cm³/mol. The molecule has 3 nitrogen and oxygen atoms in total. The van der Waals surface area contributed by atoms with E-state index >= 15 is 0 Å². The molecule has 2 aromatic rings. The SMILES string of the molecule is CCCCOc1ccc2c(c1)C1C=CCC1C(c1ccccc1OCC)N2. The smallest absolute Gasteiger partial charge is 0.124 e. The molecule has 0 bridgehead atoms. The first-order chi connectivity index (χ1) is 13.3. The monoisotopic (exact) mass is 363 g/mol. The lowest BCUT2D eigenvalue weighted by atomic mass is 9.77. The van der Waals surface area contributed by atoms with Crippen molar-refractivity contribution in [1.82, 2.24) is 0 Å². The minimum absolute atomic E-state index is 0.257. The van der Waals surface area contributed by atoms with E-state index in [9.17, 15) is 0 Å². The topological polar surface area (TPSA) is 30.5 Å². The van der Waals surface area contributed by atoms with Gasteiger partial charge < -0.3 is 14.8 Å². The van der Waals surface area contributed by atoms with E-state index in [-0.39, 0.29) is 6.04 Å². The summed E-state index contributed by atoms with van der Waals surface area (Å²) in [6.07, 6.45) is 8.03. The molecule has 27 heavy (non-hydrogen) atoms. The van der Waals surface area contributed by atoms with Gasteiger partial charge in [-0.25, -0.2) is 0 Å². The molecule has 2 aliphatic rings. The van der Waals surface area contributed by atoms with Crippen molar-refractivity contribution < 1.29 is 9.47 Å². The molecule has 0 fully saturated rings. The Bertz CT molecular complexity index is 814. The van der Waals surface area contributed by atoms with Crippen molar-refractivity contribution in [3.63, 3.8) is 0 Å². The summed E-state index contributed by atoms with van der Waals surface area (Å²) in [4.78, 5) is 0. The van der Waals surface area contributed by atoms with Crippen LogP contribution in [0.1, 0.15) is 56.2 Å². The van der Waals surface area contributed by atoms with Crippen LogP contribution < -0.4 is 14.8 Å². The highest BCUT2D eigenvalue weighted by atomic mass is 16.5. The first kappa shape index (κ1) is 18.0. The number of anilines is 1. The molecule has 0 spiro atoms. The van der Waals surface area contributed by atoms with Crippen LogP contribution in [0.25, 0.3) is 0 Å². The highest BCUT2D eigenvalue weighted by Gasteiger charge is 2.39. The molecule has 0 saturated carbocycles. The van der Waals surface area contributed by atoms with Crippen molar-refractivity contribution in [3.8, 4) is 11.5 Å². The fraction of sp³-hybridized carbons (Fsp3) is 0.417. The Kier molecular flexibility index (Phi) is 5.38. The van der Waals surface area contributed by atoms with Crippen molar-refractivity contribution in [2.45, 2.75) is 45.1 Å². The molecule has 4 rings (SSSR count). The van der Waals surface area contributed by atoms with Crippen LogP contribution in [0.3, 0.4) is 0 Å². The Hall–Kier alpha value is -2.42. The summed E-state index contributed by atoms with van der Waals surface area (Å²) in [6, 6.07) is 15.2. The van der Waals surface area contributed by atoms with Gasteiger partial charge >= 0.3 is 0 Å². The van der Waals surface area contributed by atoms with Crippen LogP contribution >= 0.6 is 0 Å². The van der Waals surface area contributed by atoms with Gasteiger partial charge in [0.2, 0.25) is 0 Å². The zero-order chi connectivity index (χ0) is 18.6. The van der Waals surface area contributed by atoms with Crippen LogP contribution in [0.2, 0.25) is 0 Å². The molecule has 0 amide bonds. The number of benzene rings is 2. The van der Waals surface area contributed by atoms with Gasteiger partial charge in [0.25, 0.3) is 0 Å². The number of ether oxygens (including phenoxy) is 2. The fourth-order valence-electron chi connectivity index (χ4n) is 4.33. The van der Waals surface area contributed by atoms with Gasteiger partial charge in [-0.2, -0.15) is 0 Å². The number of nitrogens with one attached hydrogen (secondary N) is 1. The third-order valence-electron chi connectivity index (χ3n) is 5.65. The van der Waals surface area contributed by atoms with E-state index in [1.807, 2.05) is 6.92 Å². The molecule has 0 radical (unpaired) electrons. The molecular formula is C24H29NO2. The molecule has 2 aromatic carbocycles. The summed E-state index contributed by atoms with van der Waals surface area (Å²) in [7, 11) is 0. The maximum absolute atomic E-state index is 5.95. The first-order valence-corrected chi connectivity index (χ1v) is 10.2. The van der Waals surface area contributed by atoms with Crippen molar-refractivity contribution >= 4 is 5.69 Å². The second-order valence-electron chi connectivity index (χ2n) is 7.40. The van der Waals surface area contributed by atoms with Gasteiger partial charge in [-0.1, -0.05) is 43.7 Å². The zero-order valence-electron chi connectivity index (χ0n) is 16.3. The number of allylic oxidation sites excluding steroid dienone is 2. The maximum Gasteiger partial charge on any atom is 0.124 e. The van der Waals surface area contributed by atoms with Crippen LogP contribution in [0.15, 0.2) is 54.6 Å². The third-order valence-corrected chi connectivity index (χ3v) is 5.65. The summed E-state index contributed by atoms with van der Waals surface area (Å²) in [5, 5.41) is 3.80. The van der Waals surface area contributed by atoms with Crippen molar-refractivity contribution in [1.29, 1.82) is 0 Å². The largest absolute Gasteiger partial charge is 0.494 e. The van der Waals surface area contributed by atoms with E-state index < -0.39 is 0 Å². The molecule has 3 heteroatoms. The van der Waals surface area contributed by atoms with Crippen molar-refractivity contribution in [3.05, 3.63) is 65.7 Å². The lowest BCUT2D eigenvalue weighted by Crippen LogP contribution is -2.29. The second kappa shape index (κ2) is 8.08. The highest BCUT2D eigenvalue weighted by Crippen LogP contribution is 2.51. The summed E-state index contributed by atoms with van der Waals surface area (Å²) >= 11 is 0. The summed E-state index contributed by atoms with van der Waals surface area (Å²) in [5.74, 6) is 2.91. The first-order valence-electron chi connectivity index (χ1n) is 10.2. The summed E-state index contributed by atoms with van der Waals surface area (Å²) in [5.41, 5.74) is 3.82. The van der Waals surface area contributed by atoms with E-state index in [4.69, 9.17) is 9.47 Å². The minimum Gasteiger partial charge on any atom is -0.494 e. The van der Waals surface area contributed by atoms with Crippen molar-refractivity contribution in [2.24, 2.45) is 5.92 Å². The molecule has 1 aliphatic carbocycles. The molecule has 1 aliphatic heterocycles. The normalized spacial score (nSPS) is 22.7. The van der Waals surface area contributed by atoms with Gasteiger partial charge in [-0.3, -0.25) is 0 Å². The number of rotatable bonds is 7. The average Bonchev–Trinajstić information content (AvgIpc) is 3.19. The van der Waals surface area contributed by atoms with Crippen molar-refractivity contribution in [2.75, 3.05) is 18.5 Å². The third kappa shape index (κ3) is 3.55.